The molecule has 1 aromatic rings. The molecule has 0 aliphatic carbocycles. The van der Waals surface area contributed by atoms with Gasteiger partial charge in [-0.1, -0.05) is 20.8 Å². The van der Waals surface area contributed by atoms with E-state index in [-0.39, 0.29) is 16.7 Å². The molecule has 19 heavy (non-hydrogen) atoms. The SMILES string of the molecule is CC(C)(C)c1cc(C=O)cc(NC(=O)C(F)(F)F)c1. The van der Waals surface area contributed by atoms with Crippen molar-refractivity contribution in [2.24, 2.45) is 0 Å². The molecule has 1 aromatic carbocycles. The highest BCUT2D eigenvalue weighted by atomic mass is 19.4. The third kappa shape index (κ3) is 4.08. The molecule has 1 amide bonds. The Balaban J connectivity index is 3.15. The summed E-state index contributed by atoms with van der Waals surface area (Å²) in [5.41, 5.74) is 0.479. The van der Waals surface area contributed by atoms with Crippen LogP contribution in [0.15, 0.2) is 18.2 Å². The van der Waals surface area contributed by atoms with Crippen molar-refractivity contribution in [3.05, 3.63) is 29.3 Å². The van der Waals surface area contributed by atoms with Crippen LogP contribution in [0.25, 0.3) is 0 Å². The normalized spacial score (nSPS) is 12.1. The maximum absolute atomic E-state index is 12.2. The first-order valence-corrected chi connectivity index (χ1v) is 5.53. The van der Waals surface area contributed by atoms with E-state index in [4.69, 9.17) is 0 Å². The van der Waals surface area contributed by atoms with Gasteiger partial charge in [0.2, 0.25) is 0 Å². The number of nitrogens with one attached hydrogen (secondary N) is 1. The van der Waals surface area contributed by atoms with E-state index in [9.17, 15) is 22.8 Å². The second kappa shape index (κ2) is 5.03. The second-order valence-corrected chi connectivity index (χ2v) is 5.16. The molecule has 0 aromatic heterocycles. The topological polar surface area (TPSA) is 46.2 Å². The molecule has 0 saturated heterocycles. The van der Waals surface area contributed by atoms with Crippen LogP contribution < -0.4 is 5.32 Å². The van der Waals surface area contributed by atoms with Crippen molar-refractivity contribution in [3.8, 4) is 0 Å². The summed E-state index contributed by atoms with van der Waals surface area (Å²) in [6.45, 7) is 5.56. The first-order valence-electron chi connectivity index (χ1n) is 5.53. The van der Waals surface area contributed by atoms with Crippen LogP contribution >= 0.6 is 0 Å². The van der Waals surface area contributed by atoms with Gasteiger partial charge in [-0.3, -0.25) is 9.59 Å². The lowest BCUT2D eigenvalue weighted by molar-refractivity contribution is -0.167. The minimum absolute atomic E-state index is 0.0446. The Bertz CT molecular complexity index is 502. The molecule has 0 bridgehead atoms. The van der Waals surface area contributed by atoms with Gasteiger partial charge in [-0.2, -0.15) is 13.2 Å². The Morgan fingerprint density at radius 3 is 2.16 bits per heavy atom. The smallest absolute Gasteiger partial charge is 0.318 e. The highest BCUT2D eigenvalue weighted by molar-refractivity contribution is 5.95. The summed E-state index contributed by atoms with van der Waals surface area (Å²) in [5, 5.41) is 1.75. The highest BCUT2D eigenvalue weighted by Gasteiger charge is 2.38. The van der Waals surface area contributed by atoms with Crippen molar-refractivity contribution >= 4 is 17.9 Å². The molecule has 3 nitrogen and oxygen atoms in total. The summed E-state index contributed by atoms with van der Waals surface area (Å²) in [7, 11) is 0. The molecular weight excluding hydrogens is 259 g/mol. The summed E-state index contributed by atoms with van der Waals surface area (Å²) in [5.74, 6) is -2.06. The number of hydrogen-bond acceptors (Lipinski definition) is 2. The van der Waals surface area contributed by atoms with Crippen LogP contribution in [0, 0.1) is 0 Å². The van der Waals surface area contributed by atoms with Crippen molar-refractivity contribution in [3.63, 3.8) is 0 Å². The summed E-state index contributed by atoms with van der Waals surface area (Å²) < 4.78 is 36.5. The second-order valence-electron chi connectivity index (χ2n) is 5.16. The van der Waals surface area contributed by atoms with E-state index < -0.39 is 12.1 Å². The van der Waals surface area contributed by atoms with E-state index in [1.54, 1.807) is 11.4 Å². The molecular formula is C13H14F3NO2. The molecule has 0 heterocycles. The molecule has 0 aliphatic heterocycles. The van der Waals surface area contributed by atoms with Crippen LogP contribution in [0.4, 0.5) is 18.9 Å². The Morgan fingerprint density at radius 1 is 1.16 bits per heavy atom. The van der Waals surface area contributed by atoms with E-state index >= 15 is 0 Å². The average molecular weight is 273 g/mol. The summed E-state index contributed by atoms with van der Waals surface area (Å²) in [6.07, 6.45) is -4.43. The Hall–Kier alpha value is -1.85. The number of halogens is 3. The van der Waals surface area contributed by atoms with Crippen LogP contribution in [-0.2, 0) is 10.2 Å². The van der Waals surface area contributed by atoms with Gasteiger partial charge in [0, 0.05) is 11.3 Å². The lowest BCUT2D eigenvalue weighted by Crippen LogP contribution is -2.30. The lowest BCUT2D eigenvalue weighted by Gasteiger charge is -2.20. The maximum Gasteiger partial charge on any atom is 0.471 e. The van der Waals surface area contributed by atoms with Crippen LogP contribution in [0.1, 0.15) is 36.7 Å². The van der Waals surface area contributed by atoms with Crippen LogP contribution in [0.5, 0.6) is 0 Å². The molecule has 6 heteroatoms. The number of aldehydes is 1. The van der Waals surface area contributed by atoms with Gasteiger partial charge in [0.15, 0.2) is 0 Å². The van der Waals surface area contributed by atoms with Gasteiger partial charge in [0.05, 0.1) is 0 Å². The number of hydrogen-bond donors (Lipinski definition) is 1. The zero-order valence-corrected chi connectivity index (χ0v) is 10.8. The molecule has 0 radical (unpaired) electrons. The third-order valence-corrected chi connectivity index (χ3v) is 2.47. The summed E-state index contributed by atoms with van der Waals surface area (Å²) in [6, 6.07) is 4.21. The fraction of sp³-hybridized carbons (Fsp3) is 0.385. The number of anilines is 1. The van der Waals surface area contributed by atoms with Crippen LogP contribution in [-0.4, -0.2) is 18.4 Å². The Labute approximate surface area is 108 Å². The molecule has 1 rings (SSSR count). The molecule has 0 atom stereocenters. The molecule has 1 N–H and O–H groups in total. The average Bonchev–Trinajstić information content (AvgIpc) is 2.26. The first kappa shape index (κ1) is 15.2. The van der Waals surface area contributed by atoms with Crippen LogP contribution in [0.2, 0.25) is 0 Å². The summed E-state index contributed by atoms with van der Waals surface area (Å²) >= 11 is 0. The monoisotopic (exact) mass is 273 g/mol. The summed E-state index contributed by atoms with van der Waals surface area (Å²) in [4.78, 5) is 21.7. The Kier molecular flexibility index (Phi) is 4.03. The number of alkyl halides is 3. The number of rotatable bonds is 2. The first-order chi connectivity index (χ1) is 8.54. The van der Waals surface area contributed by atoms with Gasteiger partial charge in [0.1, 0.15) is 6.29 Å². The molecule has 0 spiro atoms. The van der Waals surface area contributed by atoms with Crippen molar-refractivity contribution < 1.29 is 22.8 Å². The molecule has 0 unspecified atom stereocenters. The number of amides is 1. The predicted molar refractivity (Wildman–Crippen MR) is 65.2 cm³/mol. The number of carbonyl (C=O) groups excluding carboxylic acids is 2. The maximum atomic E-state index is 12.2. The number of benzene rings is 1. The van der Waals surface area contributed by atoms with Crippen LogP contribution in [0.3, 0.4) is 0 Å². The standard InChI is InChI=1S/C13H14F3NO2/c1-12(2,3)9-4-8(7-18)5-10(6-9)17-11(19)13(14,15)16/h4-7H,1-3H3,(H,17,19). The van der Waals surface area contributed by atoms with E-state index in [1.165, 1.54) is 12.1 Å². The van der Waals surface area contributed by atoms with Crippen molar-refractivity contribution in [1.29, 1.82) is 0 Å². The largest absolute Gasteiger partial charge is 0.471 e. The van der Waals surface area contributed by atoms with Gasteiger partial charge >= 0.3 is 12.1 Å². The minimum Gasteiger partial charge on any atom is -0.318 e. The van der Waals surface area contributed by atoms with E-state index in [0.29, 0.717) is 11.8 Å². The fourth-order valence-corrected chi connectivity index (χ4v) is 1.43. The van der Waals surface area contributed by atoms with Crippen molar-refractivity contribution in [2.75, 3.05) is 5.32 Å². The lowest BCUT2D eigenvalue weighted by atomic mass is 9.86. The highest BCUT2D eigenvalue weighted by Crippen LogP contribution is 2.27. The van der Waals surface area contributed by atoms with Gasteiger partial charge in [-0.15, -0.1) is 0 Å². The van der Waals surface area contributed by atoms with E-state index in [1.807, 2.05) is 20.8 Å². The van der Waals surface area contributed by atoms with Gasteiger partial charge in [-0.25, -0.2) is 0 Å². The fourth-order valence-electron chi connectivity index (χ4n) is 1.43. The van der Waals surface area contributed by atoms with Crippen molar-refractivity contribution in [2.45, 2.75) is 32.4 Å². The molecule has 0 fully saturated rings. The van der Waals surface area contributed by atoms with E-state index in [0.717, 1.165) is 0 Å². The van der Waals surface area contributed by atoms with Crippen molar-refractivity contribution in [1.82, 2.24) is 0 Å². The minimum atomic E-state index is -4.96. The Morgan fingerprint density at radius 2 is 1.74 bits per heavy atom. The van der Waals surface area contributed by atoms with Gasteiger partial charge < -0.3 is 5.32 Å². The van der Waals surface area contributed by atoms with Gasteiger partial charge in [-0.05, 0) is 29.2 Å². The number of carbonyl (C=O) groups is 2. The third-order valence-electron chi connectivity index (χ3n) is 2.47. The molecule has 0 saturated carbocycles. The quantitative estimate of drug-likeness (QED) is 0.840. The predicted octanol–water partition coefficient (Wildman–Crippen LogP) is 3.30. The zero-order chi connectivity index (χ0) is 14.8. The zero-order valence-electron chi connectivity index (χ0n) is 10.8. The van der Waals surface area contributed by atoms with E-state index in [2.05, 4.69) is 0 Å². The molecule has 104 valence electrons. The molecule has 0 aliphatic rings. The van der Waals surface area contributed by atoms with Gasteiger partial charge in [0.25, 0.3) is 0 Å².